The third-order valence-corrected chi connectivity index (χ3v) is 7.04. The van der Waals surface area contributed by atoms with Gasteiger partial charge < -0.3 is 10.1 Å². The first-order chi connectivity index (χ1) is 13.4. The van der Waals surface area contributed by atoms with Gasteiger partial charge in [-0.1, -0.05) is 25.1 Å². The van der Waals surface area contributed by atoms with Gasteiger partial charge in [0.15, 0.2) is 0 Å². The summed E-state index contributed by atoms with van der Waals surface area (Å²) >= 11 is 0. The first kappa shape index (κ1) is 20.4. The summed E-state index contributed by atoms with van der Waals surface area (Å²) in [5.74, 6) is 1.00. The van der Waals surface area contributed by atoms with Crippen LogP contribution in [0.3, 0.4) is 0 Å². The van der Waals surface area contributed by atoms with Crippen molar-refractivity contribution in [1.82, 2.24) is 9.62 Å². The second kappa shape index (κ2) is 8.75. The Bertz CT molecular complexity index is 918. The van der Waals surface area contributed by atoms with Gasteiger partial charge in [0, 0.05) is 30.8 Å². The van der Waals surface area contributed by atoms with E-state index in [1.54, 1.807) is 19.2 Å². The molecule has 0 atom stereocenters. The van der Waals surface area contributed by atoms with Crippen LogP contribution in [0.15, 0.2) is 53.4 Å². The van der Waals surface area contributed by atoms with Crippen LogP contribution in [0.1, 0.15) is 35.7 Å². The van der Waals surface area contributed by atoms with Gasteiger partial charge in [-0.25, -0.2) is 8.42 Å². The van der Waals surface area contributed by atoms with Crippen molar-refractivity contribution in [3.05, 3.63) is 59.7 Å². The van der Waals surface area contributed by atoms with E-state index >= 15 is 0 Å². The number of para-hydroxylation sites is 1. The van der Waals surface area contributed by atoms with Crippen molar-refractivity contribution >= 4 is 15.9 Å². The van der Waals surface area contributed by atoms with Crippen LogP contribution in [0.25, 0.3) is 0 Å². The van der Waals surface area contributed by atoms with Crippen LogP contribution >= 0.6 is 0 Å². The lowest BCUT2D eigenvalue weighted by Gasteiger charge is -2.29. The zero-order valence-corrected chi connectivity index (χ0v) is 17.0. The van der Waals surface area contributed by atoms with Gasteiger partial charge >= 0.3 is 0 Å². The molecule has 6 nitrogen and oxygen atoms in total. The van der Waals surface area contributed by atoms with Crippen LogP contribution in [-0.2, 0) is 16.6 Å². The number of methoxy groups -OCH3 is 1. The Morgan fingerprint density at radius 1 is 1.11 bits per heavy atom. The summed E-state index contributed by atoms with van der Waals surface area (Å²) < 4.78 is 32.3. The monoisotopic (exact) mass is 402 g/mol. The normalized spacial score (nSPS) is 15.9. The fourth-order valence-electron chi connectivity index (χ4n) is 3.28. The maximum absolute atomic E-state index is 12.8. The molecule has 1 saturated heterocycles. The summed E-state index contributed by atoms with van der Waals surface area (Å²) in [4.78, 5) is 12.6. The van der Waals surface area contributed by atoms with Crippen LogP contribution in [0.5, 0.6) is 5.75 Å². The molecule has 0 aromatic heterocycles. The Morgan fingerprint density at radius 3 is 2.39 bits per heavy atom. The van der Waals surface area contributed by atoms with Crippen LogP contribution in [0.2, 0.25) is 0 Å². The maximum atomic E-state index is 12.8. The molecule has 2 aromatic carbocycles. The Morgan fingerprint density at radius 2 is 1.75 bits per heavy atom. The number of hydrogen-bond acceptors (Lipinski definition) is 4. The van der Waals surface area contributed by atoms with Gasteiger partial charge in [0.25, 0.3) is 5.91 Å². The van der Waals surface area contributed by atoms with Gasteiger partial charge in [-0.05, 0) is 49.1 Å². The molecule has 0 saturated carbocycles. The number of nitrogens with zero attached hydrogens (tertiary/aromatic N) is 1. The molecule has 1 N–H and O–H groups in total. The predicted octanol–water partition coefficient (Wildman–Crippen LogP) is 3.05. The lowest BCUT2D eigenvalue weighted by molar-refractivity contribution is 0.0950. The Hall–Kier alpha value is -2.38. The molecule has 28 heavy (non-hydrogen) atoms. The van der Waals surface area contributed by atoms with Crippen LogP contribution in [-0.4, -0.2) is 38.8 Å². The van der Waals surface area contributed by atoms with Gasteiger partial charge in [-0.3, -0.25) is 4.79 Å². The maximum Gasteiger partial charge on any atom is 0.251 e. The summed E-state index contributed by atoms with van der Waals surface area (Å²) in [6, 6.07) is 13.6. The minimum atomic E-state index is -3.51. The average molecular weight is 403 g/mol. The second-order valence-electron chi connectivity index (χ2n) is 7.11. The zero-order chi connectivity index (χ0) is 20.1. The second-order valence-corrected chi connectivity index (χ2v) is 9.04. The number of ether oxygens (including phenoxy) is 1. The first-order valence-corrected chi connectivity index (χ1v) is 10.9. The molecule has 0 aliphatic carbocycles. The fraction of sp³-hybridized carbons (Fsp3) is 0.381. The molecule has 3 rings (SSSR count). The van der Waals surface area contributed by atoms with Crippen molar-refractivity contribution in [3.63, 3.8) is 0 Å². The molecule has 0 bridgehead atoms. The van der Waals surface area contributed by atoms with E-state index in [1.165, 1.54) is 16.4 Å². The van der Waals surface area contributed by atoms with E-state index in [1.807, 2.05) is 24.3 Å². The van der Waals surface area contributed by atoms with Gasteiger partial charge in [-0.2, -0.15) is 4.31 Å². The fourth-order valence-corrected chi connectivity index (χ4v) is 4.75. The highest BCUT2D eigenvalue weighted by Crippen LogP contribution is 2.23. The molecule has 1 aliphatic rings. The van der Waals surface area contributed by atoms with Gasteiger partial charge in [0.2, 0.25) is 10.0 Å². The molecule has 0 radical (unpaired) electrons. The van der Waals surface area contributed by atoms with Crippen LogP contribution in [0, 0.1) is 5.92 Å². The zero-order valence-electron chi connectivity index (χ0n) is 16.2. The molecule has 7 heteroatoms. The SMILES string of the molecule is COc1ccccc1CNC(=O)c1ccc(S(=O)(=O)N2CCC(C)CC2)cc1. The summed E-state index contributed by atoms with van der Waals surface area (Å²) in [6.45, 7) is 3.56. The predicted molar refractivity (Wildman–Crippen MR) is 108 cm³/mol. The highest BCUT2D eigenvalue weighted by Gasteiger charge is 2.28. The van der Waals surface area contributed by atoms with E-state index in [-0.39, 0.29) is 10.8 Å². The van der Waals surface area contributed by atoms with Gasteiger partial charge in [-0.15, -0.1) is 0 Å². The van der Waals surface area contributed by atoms with Gasteiger partial charge in [0.05, 0.1) is 12.0 Å². The lowest BCUT2D eigenvalue weighted by atomic mass is 10.0. The molecule has 2 aromatic rings. The van der Waals surface area contributed by atoms with E-state index in [2.05, 4.69) is 12.2 Å². The highest BCUT2D eigenvalue weighted by molar-refractivity contribution is 7.89. The number of sulfonamides is 1. The number of amides is 1. The minimum Gasteiger partial charge on any atom is -0.496 e. The molecule has 150 valence electrons. The molecule has 0 unspecified atom stereocenters. The van der Waals surface area contributed by atoms with Crippen molar-refractivity contribution in [3.8, 4) is 5.75 Å². The van der Waals surface area contributed by atoms with Crippen molar-refractivity contribution in [1.29, 1.82) is 0 Å². The summed E-state index contributed by atoms with van der Waals surface area (Å²) in [6.07, 6.45) is 1.76. The molecule has 1 fully saturated rings. The van der Waals surface area contributed by atoms with Crippen molar-refractivity contribution < 1.29 is 17.9 Å². The smallest absolute Gasteiger partial charge is 0.251 e. The topological polar surface area (TPSA) is 75.7 Å². The third-order valence-electron chi connectivity index (χ3n) is 5.13. The number of carbonyl (C=O) groups excluding carboxylic acids is 1. The number of hydrogen-bond donors (Lipinski definition) is 1. The standard InChI is InChI=1S/C21H26N2O4S/c1-16-11-13-23(14-12-16)28(25,26)19-9-7-17(8-10-19)21(24)22-15-18-5-3-4-6-20(18)27-2/h3-10,16H,11-15H2,1-2H3,(H,22,24). The largest absolute Gasteiger partial charge is 0.496 e. The van der Waals surface area contributed by atoms with Crippen LogP contribution < -0.4 is 10.1 Å². The molecular formula is C21H26N2O4S. The van der Waals surface area contributed by atoms with E-state index in [4.69, 9.17) is 4.74 Å². The average Bonchev–Trinajstić information content (AvgIpc) is 2.72. The molecular weight excluding hydrogens is 376 g/mol. The van der Waals surface area contributed by atoms with E-state index in [9.17, 15) is 13.2 Å². The molecule has 1 amide bonds. The van der Waals surface area contributed by atoms with Crippen molar-refractivity contribution in [2.24, 2.45) is 5.92 Å². The van der Waals surface area contributed by atoms with E-state index < -0.39 is 10.0 Å². The molecule has 1 heterocycles. The summed E-state index contributed by atoms with van der Waals surface area (Å²) in [5, 5.41) is 2.84. The summed E-state index contributed by atoms with van der Waals surface area (Å²) in [7, 11) is -1.92. The van der Waals surface area contributed by atoms with Crippen LogP contribution in [0.4, 0.5) is 0 Å². The Labute approximate surface area is 166 Å². The summed E-state index contributed by atoms with van der Waals surface area (Å²) in [5.41, 5.74) is 1.29. The highest BCUT2D eigenvalue weighted by atomic mass is 32.2. The van der Waals surface area contributed by atoms with E-state index in [0.29, 0.717) is 36.9 Å². The van der Waals surface area contributed by atoms with Crippen molar-refractivity contribution in [2.45, 2.75) is 31.2 Å². The molecule has 1 aliphatic heterocycles. The molecule has 0 spiro atoms. The number of rotatable bonds is 6. The number of carbonyl (C=O) groups is 1. The number of benzene rings is 2. The minimum absolute atomic E-state index is 0.225. The first-order valence-electron chi connectivity index (χ1n) is 9.42. The lowest BCUT2D eigenvalue weighted by Crippen LogP contribution is -2.37. The van der Waals surface area contributed by atoms with Gasteiger partial charge in [0.1, 0.15) is 5.75 Å². The number of nitrogens with one attached hydrogen (secondary N) is 1. The van der Waals surface area contributed by atoms with Crippen molar-refractivity contribution in [2.75, 3.05) is 20.2 Å². The Balaban J connectivity index is 1.65. The quantitative estimate of drug-likeness (QED) is 0.806. The van der Waals surface area contributed by atoms with E-state index in [0.717, 1.165) is 18.4 Å². The Kier molecular flexibility index (Phi) is 6.36. The number of piperidine rings is 1. The third kappa shape index (κ3) is 4.54.